The number of methoxy groups -OCH3 is 1. The van der Waals surface area contributed by atoms with Gasteiger partial charge in [-0.15, -0.1) is 0 Å². The molecule has 2 rings (SSSR count). The molecule has 1 atom stereocenters. The lowest BCUT2D eigenvalue weighted by atomic mass is 10.1. The standard InChI is InChI=1S/C23H30N4O4/c1-14(2)24-22(29)12-17-6-8-18(9-7-17)25-15(3)23(30)27-20-13-19(26-16(4)28)10-11-21(20)31-5/h6-11,13-15,25H,12H2,1-5H3,(H,24,29)(H,26,28)(H,27,30). The Labute approximate surface area is 182 Å². The largest absolute Gasteiger partial charge is 0.495 e. The van der Waals surface area contributed by atoms with Crippen molar-refractivity contribution in [3.05, 3.63) is 48.0 Å². The van der Waals surface area contributed by atoms with Crippen molar-refractivity contribution in [1.29, 1.82) is 0 Å². The van der Waals surface area contributed by atoms with Crippen LogP contribution in [0.5, 0.6) is 5.75 Å². The molecule has 0 aliphatic carbocycles. The Morgan fingerprint density at radius 1 is 0.935 bits per heavy atom. The molecule has 0 aliphatic rings. The first kappa shape index (κ1) is 23.7. The fourth-order valence-electron chi connectivity index (χ4n) is 2.92. The molecule has 0 aromatic heterocycles. The molecule has 0 radical (unpaired) electrons. The number of anilines is 3. The Kier molecular flexibility index (Phi) is 8.43. The van der Waals surface area contributed by atoms with E-state index in [0.717, 1.165) is 11.3 Å². The molecule has 166 valence electrons. The third-order valence-electron chi connectivity index (χ3n) is 4.32. The number of nitrogens with one attached hydrogen (secondary N) is 4. The van der Waals surface area contributed by atoms with E-state index in [1.807, 2.05) is 38.1 Å². The molecule has 2 aromatic rings. The van der Waals surface area contributed by atoms with E-state index in [9.17, 15) is 14.4 Å². The second kappa shape index (κ2) is 11.0. The van der Waals surface area contributed by atoms with E-state index < -0.39 is 6.04 Å². The number of amides is 3. The minimum absolute atomic E-state index is 0.0288. The summed E-state index contributed by atoms with van der Waals surface area (Å²) < 4.78 is 5.29. The van der Waals surface area contributed by atoms with Gasteiger partial charge in [-0.25, -0.2) is 0 Å². The van der Waals surface area contributed by atoms with E-state index in [4.69, 9.17) is 4.74 Å². The Bertz CT molecular complexity index is 926. The maximum Gasteiger partial charge on any atom is 0.246 e. The molecule has 4 N–H and O–H groups in total. The second-order valence-corrected chi connectivity index (χ2v) is 7.55. The third kappa shape index (κ3) is 7.65. The lowest BCUT2D eigenvalue weighted by Gasteiger charge is -2.17. The zero-order valence-corrected chi connectivity index (χ0v) is 18.5. The monoisotopic (exact) mass is 426 g/mol. The van der Waals surface area contributed by atoms with Crippen molar-refractivity contribution < 1.29 is 19.1 Å². The highest BCUT2D eigenvalue weighted by molar-refractivity contribution is 5.98. The smallest absolute Gasteiger partial charge is 0.246 e. The SMILES string of the molecule is COc1ccc(NC(C)=O)cc1NC(=O)C(C)Nc1ccc(CC(=O)NC(C)C)cc1. The van der Waals surface area contributed by atoms with E-state index in [-0.39, 0.29) is 23.8 Å². The van der Waals surface area contributed by atoms with Gasteiger partial charge >= 0.3 is 0 Å². The zero-order chi connectivity index (χ0) is 23.0. The average molecular weight is 427 g/mol. The van der Waals surface area contributed by atoms with Gasteiger partial charge in [0.25, 0.3) is 0 Å². The molecule has 3 amide bonds. The molecule has 0 saturated carbocycles. The van der Waals surface area contributed by atoms with Crippen LogP contribution >= 0.6 is 0 Å². The molecule has 0 saturated heterocycles. The maximum atomic E-state index is 12.7. The predicted octanol–water partition coefficient (Wildman–Crippen LogP) is 3.16. The van der Waals surface area contributed by atoms with Crippen molar-refractivity contribution in [1.82, 2.24) is 5.32 Å². The quantitative estimate of drug-likeness (QED) is 0.493. The lowest BCUT2D eigenvalue weighted by Crippen LogP contribution is -2.32. The molecular weight excluding hydrogens is 396 g/mol. The van der Waals surface area contributed by atoms with Crippen LogP contribution in [0.2, 0.25) is 0 Å². The minimum Gasteiger partial charge on any atom is -0.495 e. The maximum absolute atomic E-state index is 12.7. The van der Waals surface area contributed by atoms with E-state index >= 15 is 0 Å². The van der Waals surface area contributed by atoms with Crippen LogP contribution in [0.3, 0.4) is 0 Å². The Balaban J connectivity index is 1.99. The average Bonchev–Trinajstić information content (AvgIpc) is 2.68. The van der Waals surface area contributed by atoms with E-state index in [2.05, 4.69) is 21.3 Å². The van der Waals surface area contributed by atoms with Crippen LogP contribution in [0.1, 0.15) is 33.3 Å². The van der Waals surface area contributed by atoms with Gasteiger partial charge in [-0.1, -0.05) is 12.1 Å². The normalized spacial score (nSPS) is 11.4. The summed E-state index contributed by atoms with van der Waals surface area (Å²) in [6, 6.07) is 11.9. The predicted molar refractivity (Wildman–Crippen MR) is 122 cm³/mol. The van der Waals surface area contributed by atoms with Gasteiger partial charge in [0.05, 0.1) is 19.2 Å². The molecule has 0 bridgehead atoms. The second-order valence-electron chi connectivity index (χ2n) is 7.55. The number of rotatable bonds is 9. The summed E-state index contributed by atoms with van der Waals surface area (Å²) in [5.74, 6) is -0.0150. The fraction of sp³-hybridized carbons (Fsp3) is 0.348. The molecule has 0 fully saturated rings. The van der Waals surface area contributed by atoms with Crippen LogP contribution in [0, 0.1) is 0 Å². The van der Waals surface area contributed by atoms with Gasteiger partial charge in [0.2, 0.25) is 17.7 Å². The van der Waals surface area contributed by atoms with Crippen LogP contribution in [-0.4, -0.2) is 36.9 Å². The highest BCUT2D eigenvalue weighted by Gasteiger charge is 2.16. The van der Waals surface area contributed by atoms with Crippen LogP contribution in [0.4, 0.5) is 17.1 Å². The fourth-order valence-corrected chi connectivity index (χ4v) is 2.92. The Morgan fingerprint density at radius 2 is 1.58 bits per heavy atom. The summed E-state index contributed by atoms with van der Waals surface area (Å²) in [6.07, 6.45) is 0.304. The van der Waals surface area contributed by atoms with Crippen LogP contribution in [-0.2, 0) is 20.8 Å². The summed E-state index contributed by atoms with van der Waals surface area (Å²) in [6.45, 7) is 6.99. The van der Waals surface area contributed by atoms with Gasteiger partial charge < -0.3 is 26.0 Å². The van der Waals surface area contributed by atoms with Gasteiger partial charge in [-0.3, -0.25) is 14.4 Å². The number of benzene rings is 2. The van der Waals surface area contributed by atoms with Crippen molar-refractivity contribution in [2.45, 2.75) is 46.2 Å². The molecule has 8 heteroatoms. The topological polar surface area (TPSA) is 109 Å². The number of hydrogen-bond donors (Lipinski definition) is 4. The Morgan fingerprint density at radius 3 is 2.16 bits per heavy atom. The van der Waals surface area contributed by atoms with E-state index in [1.165, 1.54) is 14.0 Å². The lowest BCUT2D eigenvalue weighted by molar-refractivity contribution is -0.121. The molecule has 0 aliphatic heterocycles. The van der Waals surface area contributed by atoms with Crippen LogP contribution in [0.25, 0.3) is 0 Å². The van der Waals surface area contributed by atoms with Gasteiger partial charge in [0.15, 0.2) is 0 Å². The summed E-state index contributed by atoms with van der Waals surface area (Å²) in [5.41, 5.74) is 2.66. The zero-order valence-electron chi connectivity index (χ0n) is 18.5. The number of ether oxygens (including phenoxy) is 1. The van der Waals surface area contributed by atoms with Crippen LogP contribution in [0.15, 0.2) is 42.5 Å². The summed E-state index contributed by atoms with van der Waals surface area (Å²) in [4.78, 5) is 35.8. The first-order chi connectivity index (χ1) is 14.7. The molecule has 0 spiro atoms. The first-order valence-corrected chi connectivity index (χ1v) is 10.1. The van der Waals surface area contributed by atoms with Gasteiger partial charge in [0.1, 0.15) is 11.8 Å². The number of carbonyl (C=O) groups is 3. The molecule has 0 heterocycles. The van der Waals surface area contributed by atoms with Crippen molar-refractivity contribution in [2.24, 2.45) is 0 Å². The van der Waals surface area contributed by atoms with Crippen molar-refractivity contribution in [3.8, 4) is 5.75 Å². The highest BCUT2D eigenvalue weighted by Crippen LogP contribution is 2.28. The first-order valence-electron chi connectivity index (χ1n) is 10.1. The Hall–Kier alpha value is -3.55. The van der Waals surface area contributed by atoms with Crippen molar-refractivity contribution in [3.63, 3.8) is 0 Å². The molecular formula is C23H30N4O4. The summed E-state index contributed by atoms with van der Waals surface area (Å²) in [7, 11) is 1.51. The third-order valence-corrected chi connectivity index (χ3v) is 4.32. The van der Waals surface area contributed by atoms with E-state index in [1.54, 1.807) is 25.1 Å². The van der Waals surface area contributed by atoms with E-state index in [0.29, 0.717) is 23.5 Å². The van der Waals surface area contributed by atoms with Crippen molar-refractivity contribution in [2.75, 3.05) is 23.1 Å². The summed E-state index contributed by atoms with van der Waals surface area (Å²) >= 11 is 0. The van der Waals surface area contributed by atoms with Gasteiger partial charge in [-0.2, -0.15) is 0 Å². The summed E-state index contributed by atoms with van der Waals surface area (Å²) in [5, 5.41) is 11.5. The van der Waals surface area contributed by atoms with Crippen molar-refractivity contribution >= 4 is 34.8 Å². The molecule has 8 nitrogen and oxygen atoms in total. The molecule has 31 heavy (non-hydrogen) atoms. The number of hydrogen-bond acceptors (Lipinski definition) is 5. The minimum atomic E-state index is -0.538. The van der Waals surface area contributed by atoms with Gasteiger partial charge in [-0.05, 0) is 56.7 Å². The van der Waals surface area contributed by atoms with Crippen LogP contribution < -0.4 is 26.0 Å². The molecule has 2 aromatic carbocycles. The highest BCUT2D eigenvalue weighted by atomic mass is 16.5. The molecule has 1 unspecified atom stereocenters. The van der Waals surface area contributed by atoms with Gasteiger partial charge in [0, 0.05) is 24.3 Å². The number of carbonyl (C=O) groups excluding carboxylic acids is 3.